The number of aliphatic hydroxyl groups is 2. The van der Waals surface area contributed by atoms with Gasteiger partial charge in [0.25, 0.3) is 0 Å². The predicted molar refractivity (Wildman–Crippen MR) is 93.3 cm³/mol. The lowest BCUT2D eigenvalue weighted by Crippen LogP contribution is -2.54. The van der Waals surface area contributed by atoms with E-state index in [1.54, 1.807) is 37.3 Å². The van der Waals surface area contributed by atoms with Crippen LogP contribution < -0.4 is 16.0 Å². The normalized spacial score (nSPS) is 13.7. The zero-order valence-corrected chi connectivity index (χ0v) is 14.7. The van der Waals surface area contributed by atoms with Crippen molar-refractivity contribution in [1.29, 1.82) is 0 Å². The Morgan fingerprint density at radius 2 is 1.52 bits per heavy atom. The van der Waals surface area contributed by atoms with Gasteiger partial charge in [0.05, 0.1) is 6.61 Å². The van der Waals surface area contributed by atoms with Gasteiger partial charge in [0, 0.05) is 0 Å². The van der Waals surface area contributed by atoms with Gasteiger partial charge < -0.3 is 31.3 Å². The highest BCUT2D eigenvalue weighted by atomic mass is 16.4. The molecular formula is C17H23N3O7. The highest BCUT2D eigenvalue weighted by Gasteiger charge is 2.29. The summed E-state index contributed by atoms with van der Waals surface area (Å²) in [6, 6.07) is 4.48. The predicted octanol–water partition coefficient (Wildman–Crippen LogP) is -1.71. The second-order valence-corrected chi connectivity index (χ2v) is 5.62. The Hall–Kier alpha value is -2.98. The Morgan fingerprint density at radius 3 is 2.00 bits per heavy atom. The van der Waals surface area contributed by atoms with Crippen LogP contribution in [-0.4, -0.2) is 64.3 Å². The van der Waals surface area contributed by atoms with E-state index in [1.165, 1.54) is 0 Å². The summed E-state index contributed by atoms with van der Waals surface area (Å²) in [6.45, 7) is -0.0151. The quantitative estimate of drug-likeness (QED) is 0.281. The maximum Gasteiger partial charge on any atom is 0.328 e. The third-order valence-electron chi connectivity index (χ3n) is 3.68. The van der Waals surface area contributed by atoms with Crippen LogP contribution in [0.1, 0.15) is 24.9 Å². The lowest BCUT2D eigenvalue weighted by atomic mass is 10.0. The maximum absolute atomic E-state index is 12.6. The first-order valence-corrected chi connectivity index (χ1v) is 8.23. The van der Waals surface area contributed by atoms with E-state index in [0.717, 1.165) is 0 Å². The number of carbonyl (C=O) groups is 4. The number of carboxylic acids is 1. The Labute approximate surface area is 155 Å². The molecule has 0 bridgehead atoms. The Kier molecular flexibility index (Phi) is 8.90. The van der Waals surface area contributed by atoms with E-state index in [0.29, 0.717) is 5.56 Å². The van der Waals surface area contributed by atoms with Crippen molar-refractivity contribution in [3.63, 3.8) is 0 Å². The van der Waals surface area contributed by atoms with E-state index >= 15 is 0 Å². The van der Waals surface area contributed by atoms with Crippen LogP contribution in [0.3, 0.4) is 0 Å². The van der Waals surface area contributed by atoms with Crippen molar-refractivity contribution in [1.82, 2.24) is 16.0 Å². The molecular weight excluding hydrogens is 358 g/mol. The van der Waals surface area contributed by atoms with Crippen molar-refractivity contribution in [2.75, 3.05) is 13.2 Å². The summed E-state index contributed by atoms with van der Waals surface area (Å²) in [5.41, 5.74) is 0.436. The molecule has 10 nitrogen and oxygen atoms in total. The molecule has 0 fully saturated rings. The second-order valence-electron chi connectivity index (χ2n) is 5.62. The van der Waals surface area contributed by atoms with Crippen LogP contribution in [0.25, 0.3) is 0 Å². The van der Waals surface area contributed by atoms with E-state index in [1.807, 2.05) is 0 Å². The van der Waals surface area contributed by atoms with Crippen LogP contribution >= 0.6 is 0 Å². The minimum atomic E-state index is -1.50. The van der Waals surface area contributed by atoms with Crippen LogP contribution in [0.15, 0.2) is 30.3 Å². The highest BCUT2D eigenvalue weighted by Crippen LogP contribution is 2.13. The molecule has 0 aliphatic heterocycles. The van der Waals surface area contributed by atoms with Crippen LogP contribution in [0.4, 0.5) is 0 Å². The first-order valence-electron chi connectivity index (χ1n) is 8.23. The Bertz CT molecular complexity index is 666. The fourth-order valence-corrected chi connectivity index (χ4v) is 2.22. The second kappa shape index (κ2) is 10.9. The Balaban J connectivity index is 2.92. The zero-order valence-electron chi connectivity index (χ0n) is 14.7. The number of rotatable bonds is 10. The molecule has 6 N–H and O–H groups in total. The summed E-state index contributed by atoms with van der Waals surface area (Å²) < 4.78 is 0. The SMILES string of the molecule is CC[C@H](NC(=O)[C@H](NC(=O)CO)c1ccccc1)C(=O)N[C@@H](CO)C(=O)O. The largest absolute Gasteiger partial charge is 0.480 e. The van der Waals surface area contributed by atoms with E-state index in [2.05, 4.69) is 16.0 Å². The molecule has 0 unspecified atom stereocenters. The van der Waals surface area contributed by atoms with Crippen LogP contribution in [0, 0.1) is 0 Å². The fourth-order valence-electron chi connectivity index (χ4n) is 2.22. The zero-order chi connectivity index (χ0) is 20.4. The number of aliphatic hydroxyl groups excluding tert-OH is 2. The molecule has 0 aliphatic rings. The summed E-state index contributed by atoms with van der Waals surface area (Å²) in [5, 5.41) is 33.7. The summed E-state index contributed by atoms with van der Waals surface area (Å²) in [7, 11) is 0. The topological polar surface area (TPSA) is 165 Å². The van der Waals surface area contributed by atoms with Gasteiger partial charge in [-0.25, -0.2) is 4.79 Å². The third-order valence-corrected chi connectivity index (χ3v) is 3.68. The average molecular weight is 381 g/mol. The number of aliphatic carboxylic acids is 1. The smallest absolute Gasteiger partial charge is 0.328 e. The number of carbonyl (C=O) groups excluding carboxylic acids is 3. The van der Waals surface area contributed by atoms with Gasteiger partial charge in [-0.2, -0.15) is 0 Å². The fraction of sp³-hybridized carbons (Fsp3) is 0.412. The molecule has 148 valence electrons. The summed E-state index contributed by atoms with van der Waals surface area (Å²) in [6.07, 6.45) is 0.144. The molecule has 0 aliphatic carbocycles. The van der Waals surface area contributed by atoms with Gasteiger partial charge in [0.15, 0.2) is 0 Å². The molecule has 1 rings (SSSR count). The van der Waals surface area contributed by atoms with E-state index in [-0.39, 0.29) is 6.42 Å². The van der Waals surface area contributed by atoms with E-state index < -0.39 is 55.0 Å². The third kappa shape index (κ3) is 6.68. The first kappa shape index (κ1) is 22.1. The van der Waals surface area contributed by atoms with Gasteiger partial charge in [-0.1, -0.05) is 37.3 Å². The van der Waals surface area contributed by atoms with Crippen LogP contribution in [0.2, 0.25) is 0 Å². The molecule has 0 heterocycles. The Morgan fingerprint density at radius 1 is 0.926 bits per heavy atom. The number of benzene rings is 1. The van der Waals surface area contributed by atoms with Gasteiger partial charge in [0.1, 0.15) is 24.7 Å². The number of amides is 3. The van der Waals surface area contributed by atoms with Gasteiger partial charge >= 0.3 is 5.97 Å². The highest BCUT2D eigenvalue weighted by molar-refractivity contribution is 5.94. The first-order chi connectivity index (χ1) is 12.8. The van der Waals surface area contributed by atoms with Crippen molar-refractivity contribution < 1.29 is 34.5 Å². The summed E-state index contributed by atoms with van der Waals surface area (Å²) >= 11 is 0. The lowest BCUT2D eigenvalue weighted by molar-refractivity contribution is -0.143. The minimum absolute atomic E-state index is 0.144. The van der Waals surface area contributed by atoms with Gasteiger partial charge in [-0.15, -0.1) is 0 Å². The van der Waals surface area contributed by atoms with Crippen LogP contribution in [0.5, 0.6) is 0 Å². The summed E-state index contributed by atoms with van der Waals surface area (Å²) in [4.78, 5) is 47.2. The molecule has 0 spiro atoms. The number of hydrogen-bond acceptors (Lipinski definition) is 6. The van der Waals surface area contributed by atoms with E-state index in [4.69, 9.17) is 15.3 Å². The number of hydrogen-bond donors (Lipinski definition) is 6. The maximum atomic E-state index is 12.6. The summed E-state index contributed by atoms with van der Waals surface area (Å²) in [5.74, 6) is -3.68. The van der Waals surface area contributed by atoms with Gasteiger partial charge in [-0.3, -0.25) is 14.4 Å². The molecule has 0 saturated heterocycles. The molecule has 0 radical (unpaired) electrons. The van der Waals surface area contributed by atoms with Crippen molar-refractivity contribution in [2.45, 2.75) is 31.5 Å². The lowest BCUT2D eigenvalue weighted by Gasteiger charge is -2.23. The molecule has 1 aromatic rings. The average Bonchev–Trinajstić information content (AvgIpc) is 2.67. The molecule has 27 heavy (non-hydrogen) atoms. The van der Waals surface area contributed by atoms with Gasteiger partial charge in [-0.05, 0) is 12.0 Å². The standard InChI is InChI=1S/C17H23N3O7/c1-2-11(15(24)19-12(8-21)17(26)27)18-16(25)14(20-13(23)9-22)10-6-4-3-5-7-10/h3-7,11-12,14,21-22H,2,8-9H2,1H3,(H,18,25)(H,19,24)(H,20,23)(H,26,27)/t11-,12-,14+/m0/s1. The minimum Gasteiger partial charge on any atom is -0.480 e. The molecule has 1 aromatic carbocycles. The van der Waals surface area contributed by atoms with Crippen LogP contribution in [-0.2, 0) is 19.2 Å². The van der Waals surface area contributed by atoms with Crippen molar-refractivity contribution in [3.05, 3.63) is 35.9 Å². The van der Waals surface area contributed by atoms with E-state index in [9.17, 15) is 19.2 Å². The molecule has 0 saturated carbocycles. The number of carboxylic acid groups (broad SMARTS) is 1. The molecule has 10 heteroatoms. The molecule has 3 amide bonds. The monoisotopic (exact) mass is 381 g/mol. The number of nitrogens with one attached hydrogen (secondary N) is 3. The van der Waals surface area contributed by atoms with Crippen molar-refractivity contribution >= 4 is 23.7 Å². The molecule has 0 aromatic heterocycles. The van der Waals surface area contributed by atoms with Gasteiger partial charge in [0.2, 0.25) is 17.7 Å². The molecule has 3 atom stereocenters. The van der Waals surface area contributed by atoms with Crippen molar-refractivity contribution in [2.24, 2.45) is 0 Å². The van der Waals surface area contributed by atoms with Crippen molar-refractivity contribution in [3.8, 4) is 0 Å².